The summed E-state index contributed by atoms with van der Waals surface area (Å²) in [7, 11) is 1.64. The fourth-order valence-corrected chi connectivity index (χ4v) is 0.826. The molecule has 1 unspecified atom stereocenters. The minimum Gasteiger partial charge on any atom is -0.381 e. The number of methoxy groups -OCH3 is 1. The SMILES string of the molecule is COC(C)CSC(=N)N. The van der Waals surface area contributed by atoms with Crippen LogP contribution in [0.5, 0.6) is 0 Å². The van der Waals surface area contributed by atoms with E-state index in [1.807, 2.05) is 6.92 Å². The third-order valence-electron chi connectivity index (χ3n) is 0.876. The molecule has 3 nitrogen and oxygen atoms in total. The summed E-state index contributed by atoms with van der Waals surface area (Å²) in [4.78, 5) is 0. The van der Waals surface area contributed by atoms with Crippen molar-refractivity contribution in [1.29, 1.82) is 5.41 Å². The molecule has 0 amide bonds. The average Bonchev–Trinajstić information content (AvgIpc) is 1.83. The second-order valence-electron chi connectivity index (χ2n) is 1.72. The van der Waals surface area contributed by atoms with Crippen molar-refractivity contribution in [2.45, 2.75) is 13.0 Å². The Balaban J connectivity index is 3.16. The first kappa shape index (κ1) is 8.78. The van der Waals surface area contributed by atoms with Gasteiger partial charge in [-0.1, -0.05) is 11.8 Å². The molecular weight excluding hydrogens is 136 g/mol. The number of amidine groups is 1. The zero-order valence-corrected chi connectivity index (χ0v) is 6.49. The number of rotatable bonds is 3. The Morgan fingerprint density at radius 1 is 1.89 bits per heavy atom. The highest BCUT2D eigenvalue weighted by Gasteiger charge is 1.98. The highest BCUT2D eigenvalue weighted by atomic mass is 32.2. The van der Waals surface area contributed by atoms with Crippen LogP contribution in [0, 0.1) is 5.41 Å². The lowest BCUT2D eigenvalue weighted by Gasteiger charge is -2.06. The van der Waals surface area contributed by atoms with E-state index in [1.165, 1.54) is 11.8 Å². The number of thioether (sulfide) groups is 1. The molecule has 0 fully saturated rings. The molecule has 0 saturated carbocycles. The van der Waals surface area contributed by atoms with Crippen LogP contribution in [-0.2, 0) is 4.74 Å². The van der Waals surface area contributed by atoms with Crippen molar-refractivity contribution in [2.24, 2.45) is 5.73 Å². The molecule has 54 valence electrons. The van der Waals surface area contributed by atoms with E-state index in [2.05, 4.69) is 0 Å². The van der Waals surface area contributed by atoms with Crippen molar-refractivity contribution in [3.63, 3.8) is 0 Å². The van der Waals surface area contributed by atoms with Gasteiger partial charge in [0.25, 0.3) is 0 Å². The maximum Gasteiger partial charge on any atom is 0.151 e. The molecule has 0 saturated heterocycles. The Kier molecular flexibility index (Phi) is 4.53. The van der Waals surface area contributed by atoms with Gasteiger partial charge in [-0.05, 0) is 6.92 Å². The van der Waals surface area contributed by atoms with E-state index in [9.17, 15) is 0 Å². The quantitative estimate of drug-likeness (QED) is 0.456. The summed E-state index contributed by atoms with van der Waals surface area (Å²) in [6.07, 6.45) is 0.180. The van der Waals surface area contributed by atoms with Crippen LogP contribution in [0.1, 0.15) is 6.92 Å². The van der Waals surface area contributed by atoms with E-state index in [0.29, 0.717) is 0 Å². The van der Waals surface area contributed by atoms with Crippen LogP contribution in [0.15, 0.2) is 0 Å². The summed E-state index contributed by atoms with van der Waals surface area (Å²) < 4.78 is 4.93. The van der Waals surface area contributed by atoms with Crippen molar-refractivity contribution in [1.82, 2.24) is 0 Å². The zero-order valence-electron chi connectivity index (χ0n) is 5.68. The largest absolute Gasteiger partial charge is 0.381 e. The van der Waals surface area contributed by atoms with Crippen molar-refractivity contribution < 1.29 is 4.74 Å². The van der Waals surface area contributed by atoms with Crippen molar-refractivity contribution in [3.05, 3.63) is 0 Å². The molecule has 0 aliphatic rings. The molecule has 0 aromatic heterocycles. The monoisotopic (exact) mass is 148 g/mol. The summed E-state index contributed by atoms with van der Waals surface area (Å²) in [5.74, 6) is 0.756. The third kappa shape index (κ3) is 5.65. The molecule has 0 spiro atoms. The maximum absolute atomic E-state index is 6.85. The van der Waals surface area contributed by atoms with E-state index < -0.39 is 0 Å². The highest BCUT2D eigenvalue weighted by molar-refractivity contribution is 8.13. The Hall–Kier alpha value is -0.220. The summed E-state index contributed by atoms with van der Waals surface area (Å²) in [6, 6.07) is 0. The zero-order chi connectivity index (χ0) is 7.28. The standard InChI is InChI=1S/C5H12N2OS/c1-4(8-2)3-9-5(6)7/h4H,3H2,1-2H3,(H3,6,7). The predicted molar refractivity (Wildman–Crippen MR) is 40.8 cm³/mol. The Morgan fingerprint density at radius 3 is 2.78 bits per heavy atom. The average molecular weight is 148 g/mol. The van der Waals surface area contributed by atoms with Crippen molar-refractivity contribution in [3.8, 4) is 0 Å². The molecule has 0 bridgehead atoms. The first-order chi connectivity index (χ1) is 4.16. The van der Waals surface area contributed by atoms with Crippen molar-refractivity contribution >= 4 is 16.9 Å². The molecule has 3 N–H and O–H groups in total. The van der Waals surface area contributed by atoms with Gasteiger partial charge in [-0.2, -0.15) is 0 Å². The van der Waals surface area contributed by atoms with Crippen LogP contribution >= 0.6 is 11.8 Å². The lowest BCUT2D eigenvalue weighted by Crippen LogP contribution is -2.13. The fourth-order valence-electron chi connectivity index (χ4n) is 0.275. The number of nitrogens with one attached hydrogen (secondary N) is 1. The molecule has 9 heavy (non-hydrogen) atoms. The van der Waals surface area contributed by atoms with Gasteiger partial charge >= 0.3 is 0 Å². The van der Waals surface area contributed by atoms with E-state index in [0.717, 1.165) is 5.75 Å². The topological polar surface area (TPSA) is 59.1 Å². The van der Waals surface area contributed by atoms with Gasteiger partial charge < -0.3 is 10.5 Å². The van der Waals surface area contributed by atoms with Gasteiger partial charge in [0, 0.05) is 12.9 Å². The second kappa shape index (κ2) is 4.64. The predicted octanol–water partition coefficient (Wildman–Crippen LogP) is 0.648. The molecule has 0 heterocycles. The lowest BCUT2D eigenvalue weighted by atomic mass is 10.5. The normalized spacial score (nSPS) is 13.1. The fraction of sp³-hybridized carbons (Fsp3) is 0.800. The van der Waals surface area contributed by atoms with Crippen LogP contribution in [0.2, 0.25) is 0 Å². The number of nitrogens with two attached hydrogens (primary N) is 1. The second-order valence-corrected chi connectivity index (χ2v) is 2.78. The molecule has 0 aliphatic heterocycles. The summed E-state index contributed by atoms with van der Waals surface area (Å²) >= 11 is 1.30. The van der Waals surface area contributed by atoms with Gasteiger partial charge in [0.2, 0.25) is 0 Å². The molecule has 1 atom stereocenters. The van der Waals surface area contributed by atoms with E-state index in [1.54, 1.807) is 7.11 Å². The van der Waals surface area contributed by atoms with E-state index >= 15 is 0 Å². The first-order valence-corrected chi connectivity index (χ1v) is 3.65. The molecule has 0 aliphatic carbocycles. The summed E-state index contributed by atoms with van der Waals surface area (Å²) in [6.45, 7) is 1.94. The molecule has 0 aromatic carbocycles. The minimum atomic E-state index is 0.152. The van der Waals surface area contributed by atoms with Crippen LogP contribution in [0.4, 0.5) is 0 Å². The Morgan fingerprint density at radius 2 is 2.44 bits per heavy atom. The Labute approximate surface area is 59.5 Å². The number of hydrogen-bond acceptors (Lipinski definition) is 3. The van der Waals surface area contributed by atoms with Gasteiger partial charge in [-0.15, -0.1) is 0 Å². The summed E-state index contributed by atoms with van der Waals surface area (Å²) in [5.41, 5.74) is 5.09. The lowest BCUT2D eigenvalue weighted by molar-refractivity contribution is 0.138. The Bertz CT molecular complexity index is 97.0. The minimum absolute atomic E-state index is 0.152. The number of hydrogen-bond donors (Lipinski definition) is 2. The summed E-state index contributed by atoms with van der Waals surface area (Å²) in [5, 5.41) is 7.00. The van der Waals surface area contributed by atoms with Gasteiger partial charge in [-0.3, -0.25) is 5.41 Å². The van der Waals surface area contributed by atoms with Crippen molar-refractivity contribution in [2.75, 3.05) is 12.9 Å². The van der Waals surface area contributed by atoms with Gasteiger partial charge in [0.05, 0.1) is 6.10 Å². The first-order valence-electron chi connectivity index (χ1n) is 2.66. The van der Waals surface area contributed by atoms with Gasteiger partial charge in [-0.25, -0.2) is 0 Å². The molecule has 0 rings (SSSR count). The maximum atomic E-state index is 6.85. The van der Waals surface area contributed by atoms with Crippen LogP contribution < -0.4 is 5.73 Å². The highest BCUT2D eigenvalue weighted by Crippen LogP contribution is 2.02. The van der Waals surface area contributed by atoms with Gasteiger partial charge in [0.1, 0.15) is 0 Å². The molecule has 4 heteroatoms. The van der Waals surface area contributed by atoms with E-state index in [4.69, 9.17) is 15.9 Å². The smallest absolute Gasteiger partial charge is 0.151 e. The molecule has 0 radical (unpaired) electrons. The van der Waals surface area contributed by atoms with Crippen LogP contribution in [0.3, 0.4) is 0 Å². The van der Waals surface area contributed by atoms with Crippen LogP contribution in [-0.4, -0.2) is 24.1 Å². The number of ether oxygens (including phenoxy) is 1. The van der Waals surface area contributed by atoms with Gasteiger partial charge in [0.15, 0.2) is 5.17 Å². The molecular formula is C5H12N2OS. The molecule has 0 aromatic rings. The van der Waals surface area contributed by atoms with E-state index in [-0.39, 0.29) is 11.3 Å². The third-order valence-corrected chi connectivity index (χ3v) is 1.82. The van der Waals surface area contributed by atoms with Crippen LogP contribution in [0.25, 0.3) is 0 Å².